The summed E-state index contributed by atoms with van der Waals surface area (Å²) in [7, 11) is -3.63. The molecule has 28 heavy (non-hydrogen) atoms. The molecule has 152 valence electrons. The molecule has 9 heteroatoms. The largest absolute Gasteiger partial charge is 0.356 e. The Morgan fingerprint density at radius 1 is 1.18 bits per heavy atom. The van der Waals surface area contributed by atoms with E-state index < -0.39 is 10.0 Å². The minimum absolute atomic E-state index is 0.0855. The van der Waals surface area contributed by atoms with Crippen LogP contribution in [-0.2, 0) is 14.8 Å². The van der Waals surface area contributed by atoms with Gasteiger partial charge in [-0.3, -0.25) is 9.59 Å². The van der Waals surface area contributed by atoms with Crippen molar-refractivity contribution >= 4 is 21.8 Å². The molecule has 3 aliphatic rings. The van der Waals surface area contributed by atoms with Gasteiger partial charge in [-0.25, -0.2) is 8.42 Å². The molecule has 0 bridgehead atoms. The Kier molecular flexibility index (Phi) is 5.05. The Balaban J connectivity index is 1.41. The summed E-state index contributed by atoms with van der Waals surface area (Å²) in [5, 5.41) is 2.91. The summed E-state index contributed by atoms with van der Waals surface area (Å²) in [5.41, 5.74) is 0.326. The van der Waals surface area contributed by atoms with Crippen LogP contribution in [0, 0.1) is 11.8 Å². The molecule has 4 rings (SSSR count). The number of hydrogen-bond donors (Lipinski definition) is 2. The molecular formula is C19H26N4O4S. The Morgan fingerprint density at radius 2 is 1.82 bits per heavy atom. The van der Waals surface area contributed by atoms with Crippen LogP contribution >= 0.6 is 0 Å². The van der Waals surface area contributed by atoms with Crippen LogP contribution < -0.4 is 5.32 Å². The van der Waals surface area contributed by atoms with Crippen molar-refractivity contribution in [1.82, 2.24) is 19.5 Å². The number of likely N-dealkylation sites (tertiary alicyclic amines) is 1. The van der Waals surface area contributed by atoms with Gasteiger partial charge in [-0.1, -0.05) is 6.58 Å². The smallest absolute Gasteiger partial charge is 0.270 e. The van der Waals surface area contributed by atoms with Crippen LogP contribution in [0.2, 0.25) is 0 Å². The second-order valence-electron chi connectivity index (χ2n) is 7.97. The standard InChI is InChI=1S/C19H26N4O4S/c1-2-18(24)21-15-7-13-11-23(12-14(13)8-15)28(26,27)16-9-17(20-10-16)19(25)22-5-3-4-6-22/h2,9-10,13-15,20H,1,3-8,11-12H2,(H,21,24). The van der Waals surface area contributed by atoms with Crippen LogP contribution in [0.5, 0.6) is 0 Å². The van der Waals surface area contributed by atoms with Crippen LogP contribution in [0.3, 0.4) is 0 Å². The van der Waals surface area contributed by atoms with Crippen molar-refractivity contribution in [3.05, 3.63) is 30.6 Å². The van der Waals surface area contributed by atoms with Crippen molar-refractivity contribution in [2.45, 2.75) is 36.6 Å². The number of aromatic nitrogens is 1. The molecule has 1 aromatic rings. The molecule has 2 unspecified atom stereocenters. The third kappa shape index (κ3) is 3.48. The highest BCUT2D eigenvalue weighted by atomic mass is 32.2. The van der Waals surface area contributed by atoms with Crippen molar-refractivity contribution in [3.8, 4) is 0 Å². The van der Waals surface area contributed by atoms with Crippen molar-refractivity contribution in [2.24, 2.45) is 11.8 Å². The molecule has 2 N–H and O–H groups in total. The van der Waals surface area contributed by atoms with Crippen LogP contribution in [0.1, 0.15) is 36.2 Å². The number of nitrogens with one attached hydrogen (secondary N) is 2. The zero-order valence-electron chi connectivity index (χ0n) is 15.8. The molecule has 0 spiro atoms. The van der Waals surface area contributed by atoms with E-state index in [1.54, 1.807) is 4.90 Å². The van der Waals surface area contributed by atoms with Gasteiger partial charge in [0.25, 0.3) is 5.91 Å². The van der Waals surface area contributed by atoms with E-state index in [-0.39, 0.29) is 34.6 Å². The summed E-state index contributed by atoms with van der Waals surface area (Å²) < 4.78 is 27.6. The lowest BCUT2D eigenvalue weighted by Crippen LogP contribution is -2.35. The molecule has 2 saturated heterocycles. The first-order valence-electron chi connectivity index (χ1n) is 9.79. The molecule has 8 nitrogen and oxygen atoms in total. The van der Waals surface area contributed by atoms with E-state index in [1.165, 1.54) is 22.6 Å². The van der Waals surface area contributed by atoms with Gasteiger partial charge < -0.3 is 15.2 Å². The van der Waals surface area contributed by atoms with Gasteiger partial charge in [0, 0.05) is 38.4 Å². The number of sulfonamides is 1. The highest BCUT2D eigenvalue weighted by molar-refractivity contribution is 7.89. The van der Waals surface area contributed by atoms with E-state index >= 15 is 0 Å². The van der Waals surface area contributed by atoms with Gasteiger partial charge in [0.1, 0.15) is 10.6 Å². The Bertz CT molecular complexity index is 873. The third-order valence-electron chi connectivity index (χ3n) is 6.17. The van der Waals surface area contributed by atoms with Crippen molar-refractivity contribution in [1.29, 1.82) is 0 Å². The van der Waals surface area contributed by atoms with E-state index in [1.807, 2.05) is 0 Å². The first kappa shape index (κ1) is 19.2. The number of nitrogens with zero attached hydrogens (tertiary/aromatic N) is 2. The van der Waals surface area contributed by atoms with Crippen molar-refractivity contribution in [2.75, 3.05) is 26.2 Å². The summed E-state index contributed by atoms with van der Waals surface area (Å²) in [6.45, 7) is 5.81. The highest BCUT2D eigenvalue weighted by Crippen LogP contribution is 2.40. The first-order valence-corrected chi connectivity index (χ1v) is 11.2. The Morgan fingerprint density at radius 3 is 2.43 bits per heavy atom. The van der Waals surface area contributed by atoms with Gasteiger partial charge in [0.05, 0.1) is 0 Å². The minimum atomic E-state index is -3.63. The van der Waals surface area contributed by atoms with Crippen LogP contribution in [-0.4, -0.2) is 66.6 Å². The molecule has 0 radical (unpaired) electrons. The molecule has 0 aromatic carbocycles. The SMILES string of the molecule is C=CC(=O)NC1CC2CN(S(=O)(=O)c3c[nH]c(C(=O)N4CCCC4)c3)CC2C1. The summed E-state index contributed by atoms with van der Waals surface area (Å²) in [5.74, 6) is 0.166. The molecule has 1 saturated carbocycles. The molecular weight excluding hydrogens is 380 g/mol. The Hall–Kier alpha value is -2.13. The maximum absolute atomic E-state index is 13.0. The van der Waals surface area contributed by atoms with E-state index in [0.29, 0.717) is 18.8 Å². The van der Waals surface area contributed by atoms with Gasteiger partial charge in [-0.15, -0.1) is 0 Å². The number of fused-ring (bicyclic) bond motifs is 1. The van der Waals surface area contributed by atoms with Crippen LogP contribution in [0.25, 0.3) is 0 Å². The zero-order chi connectivity index (χ0) is 19.9. The van der Waals surface area contributed by atoms with Gasteiger partial charge in [-0.2, -0.15) is 4.31 Å². The first-order chi connectivity index (χ1) is 13.4. The quantitative estimate of drug-likeness (QED) is 0.711. The van der Waals surface area contributed by atoms with Gasteiger partial charge >= 0.3 is 0 Å². The second-order valence-corrected chi connectivity index (χ2v) is 9.91. The van der Waals surface area contributed by atoms with E-state index in [4.69, 9.17) is 0 Å². The normalized spacial score (nSPS) is 27.7. The molecule has 2 atom stereocenters. The maximum atomic E-state index is 13.0. The van der Waals surface area contributed by atoms with Gasteiger partial charge in [0.2, 0.25) is 15.9 Å². The molecule has 2 aliphatic heterocycles. The topological polar surface area (TPSA) is 103 Å². The maximum Gasteiger partial charge on any atom is 0.270 e. The molecule has 3 fully saturated rings. The van der Waals surface area contributed by atoms with Crippen molar-refractivity contribution in [3.63, 3.8) is 0 Å². The van der Waals surface area contributed by atoms with E-state index in [0.717, 1.165) is 38.8 Å². The van der Waals surface area contributed by atoms with Gasteiger partial charge in [0.15, 0.2) is 0 Å². The average Bonchev–Trinajstić information content (AvgIpc) is 3.43. The summed E-state index contributed by atoms with van der Waals surface area (Å²) in [4.78, 5) is 28.7. The molecule has 1 aromatic heterocycles. The lowest BCUT2D eigenvalue weighted by Gasteiger charge is -2.18. The summed E-state index contributed by atoms with van der Waals surface area (Å²) >= 11 is 0. The fourth-order valence-electron chi connectivity index (χ4n) is 4.72. The lowest BCUT2D eigenvalue weighted by atomic mass is 10.0. The number of H-pyrrole nitrogens is 1. The molecule has 2 amide bonds. The minimum Gasteiger partial charge on any atom is -0.356 e. The predicted octanol–water partition coefficient (Wildman–Crippen LogP) is 0.952. The Labute approximate surface area is 165 Å². The summed E-state index contributed by atoms with van der Waals surface area (Å²) in [6.07, 6.45) is 6.21. The third-order valence-corrected chi connectivity index (χ3v) is 7.98. The average molecular weight is 407 g/mol. The zero-order valence-corrected chi connectivity index (χ0v) is 16.6. The fraction of sp³-hybridized carbons (Fsp3) is 0.579. The number of rotatable bonds is 5. The predicted molar refractivity (Wildman–Crippen MR) is 103 cm³/mol. The lowest BCUT2D eigenvalue weighted by molar-refractivity contribution is -0.117. The number of carbonyl (C=O) groups excluding carboxylic acids is 2. The molecule has 1 aliphatic carbocycles. The second kappa shape index (κ2) is 7.36. The molecule has 3 heterocycles. The monoisotopic (exact) mass is 406 g/mol. The number of amides is 2. The van der Waals surface area contributed by atoms with Crippen LogP contribution in [0.4, 0.5) is 0 Å². The fourth-order valence-corrected chi connectivity index (χ4v) is 6.27. The highest BCUT2D eigenvalue weighted by Gasteiger charge is 2.45. The van der Waals surface area contributed by atoms with Crippen molar-refractivity contribution < 1.29 is 18.0 Å². The number of carbonyl (C=O) groups is 2. The number of aromatic amines is 1. The number of hydrogen-bond acceptors (Lipinski definition) is 4. The van der Waals surface area contributed by atoms with E-state index in [2.05, 4.69) is 16.9 Å². The summed E-state index contributed by atoms with van der Waals surface area (Å²) in [6, 6.07) is 1.54. The van der Waals surface area contributed by atoms with Gasteiger partial charge in [-0.05, 0) is 49.7 Å². The van der Waals surface area contributed by atoms with E-state index in [9.17, 15) is 18.0 Å². The van der Waals surface area contributed by atoms with Crippen LogP contribution in [0.15, 0.2) is 29.8 Å².